The largest absolute Gasteiger partial charge is 0.385 e. The average molecular weight is 288 g/mol. The van der Waals surface area contributed by atoms with Crippen LogP contribution in [0.15, 0.2) is 6.20 Å². The predicted octanol–water partition coefficient (Wildman–Crippen LogP) is 2.56. The number of nitrogens with one attached hydrogen (secondary N) is 2. The quantitative estimate of drug-likeness (QED) is 0.844. The summed E-state index contributed by atoms with van der Waals surface area (Å²) in [7, 11) is 1.79. The highest BCUT2D eigenvalue weighted by molar-refractivity contribution is 5.97. The first kappa shape index (κ1) is 14.3. The smallest absolute Gasteiger partial charge is 0.272 e. The van der Waals surface area contributed by atoms with Gasteiger partial charge in [-0.2, -0.15) is 0 Å². The molecule has 0 radical (unpaired) electrons. The van der Waals surface area contributed by atoms with Crippen molar-refractivity contribution in [2.45, 2.75) is 45.4 Å². The summed E-state index contributed by atoms with van der Waals surface area (Å²) < 4.78 is 0. The molecule has 21 heavy (non-hydrogen) atoms. The predicted molar refractivity (Wildman–Crippen MR) is 82.4 cm³/mol. The van der Waals surface area contributed by atoms with Crippen LogP contribution in [0.2, 0.25) is 0 Å². The molecule has 5 heteroatoms. The lowest BCUT2D eigenvalue weighted by Gasteiger charge is -2.16. The number of anilines is 1. The minimum atomic E-state index is -0.0874. The summed E-state index contributed by atoms with van der Waals surface area (Å²) in [6.45, 7) is 4.85. The maximum Gasteiger partial charge on any atom is 0.272 e. The number of carbonyl (C=O) groups is 1. The fourth-order valence-corrected chi connectivity index (χ4v) is 2.96. The van der Waals surface area contributed by atoms with E-state index in [1.807, 2.05) is 13.8 Å². The lowest BCUT2D eigenvalue weighted by atomic mass is 10.0. The first-order chi connectivity index (χ1) is 10.1. The highest BCUT2D eigenvalue weighted by Crippen LogP contribution is 2.60. The maximum atomic E-state index is 12.5. The monoisotopic (exact) mass is 288 g/mol. The van der Waals surface area contributed by atoms with Crippen molar-refractivity contribution in [1.82, 2.24) is 15.3 Å². The van der Waals surface area contributed by atoms with Crippen LogP contribution in [-0.4, -0.2) is 29.5 Å². The van der Waals surface area contributed by atoms with Crippen molar-refractivity contribution < 1.29 is 4.79 Å². The van der Waals surface area contributed by atoms with E-state index in [0.29, 0.717) is 22.6 Å². The van der Waals surface area contributed by atoms with Gasteiger partial charge in [0.25, 0.3) is 5.91 Å². The van der Waals surface area contributed by atoms with Crippen LogP contribution in [0.25, 0.3) is 0 Å². The summed E-state index contributed by atoms with van der Waals surface area (Å²) in [5.41, 5.74) is 1.56. The number of rotatable bonds is 6. The van der Waals surface area contributed by atoms with Crippen molar-refractivity contribution in [3.05, 3.63) is 17.7 Å². The van der Waals surface area contributed by atoms with Gasteiger partial charge in [-0.15, -0.1) is 0 Å². The molecule has 0 unspecified atom stereocenters. The first-order valence-electron chi connectivity index (χ1n) is 7.88. The van der Waals surface area contributed by atoms with E-state index in [4.69, 9.17) is 0 Å². The highest BCUT2D eigenvalue weighted by atomic mass is 16.1. The zero-order valence-corrected chi connectivity index (χ0v) is 13.1. The molecule has 0 atom stereocenters. The van der Waals surface area contributed by atoms with Crippen LogP contribution in [0.4, 0.5) is 5.69 Å². The van der Waals surface area contributed by atoms with Crippen molar-refractivity contribution in [1.29, 1.82) is 0 Å². The van der Waals surface area contributed by atoms with E-state index in [0.717, 1.165) is 12.5 Å². The van der Waals surface area contributed by atoms with E-state index < -0.39 is 0 Å². The molecule has 114 valence electrons. The van der Waals surface area contributed by atoms with Crippen LogP contribution in [0, 0.1) is 11.3 Å². The Morgan fingerprint density at radius 3 is 2.67 bits per heavy atom. The standard InChI is InChI=1S/C16H24N4O/c1-10(2)14-18-8-12(17-3)13(20-14)15(21)19-9-16(6-7-16)11-4-5-11/h8,10-11,17H,4-7,9H2,1-3H3,(H,19,21). The Morgan fingerprint density at radius 2 is 2.14 bits per heavy atom. The van der Waals surface area contributed by atoms with Crippen molar-refractivity contribution >= 4 is 11.6 Å². The van der Waals surface area contributed by atoms with Crippen LogP contribution in [0.3, 0.4) is 0 Å². The van der Waals surface area contributed by atoms with Crippen molar-refractivity contribution in [2.24, 2.45) is 11.3 Å². The normalized spacial score (nSPS) is 19.4. The molecule has 0 bridgehead atoms. The molecular formula is C16H24N4O. The molecule has 2 aliphatic rings. The van der Waals surface area contributed by atoms with Gasteiger partial charge in [0, 0.05) is 19.5 Å². The number of aromatic nitrogens is 2. The van der Waals surface area contributed by atoms with Gasteiger partial charge in [-0.05, 0) is 37.0 Å². The second-order valence-corrected chi connectivity index (χ2v) is 6.71. The molecule has 0 saturated heterocycles. The molecule has 0 aliphatic heterocycles. The molecule has 1 heterocycles. The summed E-state index contributed by atoms with van der Waals surface area (Å²) in [4.78, 5) is 21.2. The molecule has 0 spiro atoms. The molecule has 2 aliphatic carbocycles. The van der Waals surface area contributed by atoms with Crippen molar-refractivity contribution in [3.8, 4) is 0 Å². The zero-order chi connectivity index (χ0) is 15.0. The molecule has 2 saturated carbocycles. The van der Waals surface area contributed by atoms with Crippen molar-refractivity contribution in [3.63, 3.8) is 0 Å². The molecular weight excluding hydrogens is 264 g/mol. The third-order valence-corrected chi connectivity index (χ3v) is 4.74. The van der Waals surface area contributed by atoms with Gasteiger partial charge in [-0.25, -0.2) is 9.97 Å². The molecule has 0 aromatic carbocycles. The Hall–Kier alpha value is -1.65. The number of amides is 1. The minimum Gasteiger partial charge on any atom is -0.385 e. The van der Waals surface area contributed by atoms with E-state index >= 15 is 0 Å². The van der Waals surface area contributed by atoms with Gasteiger partial charge in [0.2, 0.25) is 0 Å². The third kappa shape index (κ3) is 2.87. The second-order valence-electron chi connectivity index (χ2n) is 6.71. The van der Waals surface area contributed by atoms with Crippen LogP contribution < -0.4 is 10.6 Å². The van der Waals surface area contributed by atoms with Gasteiger partial charge < -0.3 is 10.6 Å². The van der Waals surface area contributed by atoms with E-state index in [1.54, 1.807) is 13.2 Å². The topological polar surface area (TPSA) is 66.9 Å². The lowest BCUT2D eigenvalue weighted by Crippen LogP contribution is -2.32. The lowest BCUT2D eigenvalue weighted by molar-refractivity contribution is 0.0938. The van der Waals surface area contributed by atoms with E-state index in [2.05, 4.69) is 20.6 Å². The van der Waals surface area contributed by atoms with Gasteiger partial charge >= 0.3 is 0 Å². The maximum absolute atomic E-state index is 12.5. The molecule has 3 rings (SSSR count). The Labute approximate surface area is 125 Å². The van der Waals surface area contributed by atoms with Gasteiger partial charge in [-0.3, -0.25) is 4.79 Å². The third-order valence-electron chi connectivity index (χ3n) is 4.74. The fraction of sp³-hybridized carbons (Fsp3) is 0.688. The summed E-state index contributed by atoms with van der Waals surface area (Å²) in [6.07, 6.45) is 6.89. The van der Waals surface area contributed by atoms with Crippen LogP contribution >= 0.6 is 0 Å². The number of carbonyl (C=O) groups excluding carboxylic acids is 1. The summed E-state index contributed by atoms with van der Waals surface area (Å²) >= 11 is 0. The van der Waals surface area contributed by atoms with Crippen LogP contribution in [-0.2, 0) is 0 Å². The summed E-state index contributed by atoms with van der Waals surface area (Å²) in [6, 6.07) is 0. The zero-order valence-electron chi connectivity index (χ0n) is 13.1. The molecule has 1 aromatic rings. The van der Waals surface area contributed by atoms with E-state index in [1.165, 1.54) is 25.7 Å². The van der Waals surface area contributed by atoms with Gasteiger partial charge in [-0.1, -0.05) is 13.8 Å². The molecule has 1 aromatic heterocycles. The van der Waals surface area contributed by atoms with Gasteiger partial charge in [0.1, 0.15) is 5.82 Å². The first-order valence-corrected chi connectivity index (χ1v) is 7.88. The Kier molecular flexibility index (Phi) is 3.59. The molecule has 2 N–H and O–H groups in total. The van der Waals surface area contributed by atoms with Gasteiger partial charge in [0.05, 0.1) is 11.9 Å². The van der Waals surface area contributed by atoms with Crippen LogP contribution in [0.5, 0.6) is 0 Å². The fourth-order valence-electron chi connectivity index (χ4n) is 2.96. The SMILES string of the molecule is CNc1cnc(C(C)C)nc1C(=O)NCC1(C2CC2)CC1. The number of hydrogen-bond acceptors (Lipinski definition) is 4. The summed E-state index contributed by atoms with van der Waals surface area (Å²) in [5, 5.41) is 6.10. The van der Waals surface area contributed by atoms with Crippen LogP contribution in [0.1, 0.15) is 61.8 Å². The Balaban J connectivity index is 1.72. The minimum absolute atomic E-state index is 0.0874. The number of nitrogens with zero attached hydrogens (tertiary/aromatic N) is 2. The van der Waals surface area contributed by atoms with E-state index in [-0.39, 0.29) is 11.8 Å². The second kappa shape index (κ2) is 5.28. The van der Waals surface area contributed by atoms with Crippen molar-refractivity contribution in [2.75, 3.05) is 18.9 Å². The molecule has 2 fully saturated rings. The van der Waals surface area contributed by atoms with E-state index in [9.17, 15) is 4.79 Å². The number of hydrogen-bond donors (Lipinski definition) is 2. The van der Waals surface area contributed by atoms with Gasteiger partial charge in [0.15, 0.2) is 5.69 Å². The Morgan fingerprint density at radius 1 is 1.43 bits per heavy atom. The highest BCUT2D eigenvalue weighted by Gasteiger charge is 2.53. The summed E-state index contributed by atoms with van der Waals surface area (Å²) in [5.74, 6) is 1.68. The molecule has 5 nitrogen and oxygen atoms in total. The Bertz CT molecular complexity index is 547. The average Bonchev–Trinajstić information content (AvgIpc) is 3.36. The molecule has 1 amide bonds.